The number of benzene rings is 1. The molecule has 0 aliphatic carbocycles. The van der Waals surface area contributed by atoms with Crippen LogP contribution < -0.4 is 0 Å². The molecule has 0 saturated heterocycles. The van der Waals surface area contributed by atoms with Gasteiger partial charge in [-0.25, -0.2) is 0 Å². The Hall–Kier alpha value is -0.480. The lowest BCUT2D eigenvalue weighted by atomic mass is 9.98. The molecule has 0 spiro atoms. The average molecular weight is 325 g/mol. The molecule has 0 saturated carbocycles. The fourth-order valence-corrected chi connectivity index (χ4v) is 3.05. The monoisotopic (exact) mass is 323 g/mol. The topological polar surface area (TPSA) is 40.5 Å². The average Bonchev–Trinajstić information content (AvgIpc) is 2.30. The molecular weight excluding hydrogens is 309 g/mol. The summed E-state index contributed by atoms with van der Waals surface area (Å²) < 4.78 is 0. The van der Waals surface area contributed by atoms with Crippen LogP contribution in [0.5, 0.6) is 0 Å². The van der Waals surface area contributed by atoms with Gasteiger partial charge in [-0.15, -0.1) is 12.4 Å². The van der Waals surface area contributed by atoms with Gasteiger partial charge in [0.15, 0.2) is 0 Å². The summed E-state index contributed by atoms with van der Waals surface area (Å²) in [6, 6.07) is 3.19. The molecule has 6 heteroatoms. The minimum absolute atomic E-state index is 0. The number of hydrogen-bond donors (Lipinski definition) is 1. The van der Waals surface area contributed by atoms with Gasteiger partial charge in [-0.1, -0.05) is 30.1 Å². The number of aliphatic carboxylic acids is 1. The normalized spacial score (nSPS) is 16.4. The van der Waals surface area contributed by atoms with Crippen molar-refractivity contribution in [2.45, 2.75) is 32.4 Å². The van der Waals surface area contributed by atoms with Crippen LogP contribution in [0.15, 0.2) is 12.1 Å². The van der Waals surface area contributed by atoms with Crippen LogP contribution in [-0.2, 0) is 17.8 Å². The van der Waals surface area contributed by atoms with Gasteiger partial charge in [-0.2, -0.15) is 0 Å². The molecule has 0 radical (unpaired) electrons. The van der Waals surface area contributed by atoms with Crippen LogP contribution in [0.3, 0.4) is 0 Å². The SMILES string of the molecule is CCC(C(=O)O)N1CCc2cc(Cl)cc(Cl)c2C1.Cl. The van der Waals surface area contributed by atoms with Crippen LogP contribution in [0.4, 0.5) is 0 Å². The molecule has 1 aromatic rings. The van der Waals surface area contributed by atoms with Crippen molar-refractivity contribution in [2.24, 2.45) is 0 Å². The number of hydrogen-bond acceptors (Lipinski definition) is 2. The Kier molecular flexibility index (Phi) is 5.93. The van der Waals surface area contributed by atoms with Crippen LogP contribution in [0.25, 0.3) is 0 Å². The molecule has 19 heavy (non-hydrogen) atoms. The highest BCUT2D eigenvalue weighted by atomic mass is 35.5. The van der Waals surface area contributed by atoms with Crippen LogP contribution in [0, 0.1) is 0 Å². The molecule has 106 valence electrons. The first-order valence-electron chi connectivity index (χ1n) is 5.96. The van der Waals surface area contributed by atoms with Crippen molar-refractivity contribution in [3.8, 4) is 0 Å². The highest BCUT2D eigenvalue weighted by molar-refractivity contribution is 6.35. The molecule has 1 heterocycles. The fraction of sp³-hybridized carbons (Fsp3) is 0.462. The molecular formula is C13H16Cl3NO2. The van der Waals surface area contributed by atoms with Gasteiger partial charge in [-0.3, -0.25) is 9.69 Å². The summed E-state index contributed by atoms with van der Waals surface area (Å²) in [6.45, 7) is 3.20. The maximum Gasteiger partial charge on any atom is 0.320 e. The zero-order chi connectivity index (χ0) is 13.3. The van der Waals surface area contributed by atoms with E-state index in [1.54, 1.807) is 6.07 Å². The van der Waals surface area contributed by atoms with Gasteiger partial charge >= 0.3 is 5.97 Å². The summed E-state index contributed by atoms with van der Waals surface area (Å²) in [7, 11) is 0. The van der Waals surface area contributed by atoms with Crippen LogP contribution in [-0.4, -0.2) is 28.6 Å². The van der Waals surface area contributed by atoms with E-state index in [1.807, 2.05) is 17.9 Å². The molecule has 0 bridgehead atoms. The van der Waals surface area contributed by atoms with E-state index in [2.05, 4.69) is 0 Å². The zero-order valence-corrected chi connectivity index (χ0v) is 12.9. The van der Waals surface area contributed by atoms with Gasteiger partial charge in [0.25, 0.3) is 0 Å². The first-order valence-corrected chi connectivity index (χ1v) is 6.72. The highest BCUT2D eigenvalue weighted by Gasteiger charge is 2.28. The maximum absolute atomic E-state index is 11.2. The fourth-order valence-electron chi connectivity index (χ4n) is 2.46. The highest BCUT2D eigenvalue weighted by Crippen LogP contribution is 2.30. The first-order chi connectivity index (χ1) is 8.52. The van der Waals surface area contributed by atoms with Crippen LogP contribution >= 0.6 is 35.6 Å². The molecule has 1 unspecified atom stereocenters. The Labute approximate surface area is 128 Å². The zero-order valence-electron chi connectivity index (χ0n) is 10.5. The Morgan fingerprint density at radius 3 is 2.74 bits per heavy atom. The van der Waals surface area contributed by atoms with Gasteiger partial charge in [0.2, 0.25) is 0 Å². The van der Waals surface area contributed by atoms with Gasteiger partial charge in [0.05, 0.1) is 0 Å². The predicted octanol–water partition coefficient (Wildman–Crippen LogP) is 3.64. The summed E-state index contributed by atoms with van der Waals surface area (Å²) in [5.41, 5.74) is 2.14. The second-order valence-electron chi connectivity index (χ2n) is 4.51. The standard InChI is InChI=1S/C13H15Cl2NO2.ClH/c1-2-12(13(17)18)16-4-3-8-5-9(14)6-11(15)10(8)7-16;/h5-6,12H,2-4,7H2,1H3,(H,17,18);1H. The molecule has 3 nitrogen and oxygen atoms in total. The summed E-state index contributed by atoms with van der Waals surface area (Å²) in [4.78, 5) is 13.1. The minimum Gasteiger partial charge on any atom is -0.480 e. The lowest BCUT2D eigenvalue weighted by Crippen LogP contribution is -2.43. The number of carboxylic acid groups (broad SMARTS) is 1. The van der Waals surface area contributed by atoms with Crippen molar-refractivity contribution in [3.63, 3.8) is 0 Å². The van der Waals surface area contributed by atoms with E-state index < -0.39 is 12.0 Å². The van der Waals surface area contributed by atoms with Crippen molar-refractivity contribution in [1.82, 2.24) is 4.90 Å². The lowest BCUT2D eigenvalue weighted by Gasteiger charge is -2.33. The summed E-state index contributed by atoms with van der Waals surface area (Å²) in [5, 5.41) is 10.5. The molecule has 2 rings (SSSR count). The molecule has 1 atom stereocenters. The van der Waals surface area contributed by atoms with Gasteiger partial charge in [0, 0.05) is 23.1 Å². The smallest absolute Gasteiger partial charge is 0.320 e. The number of carbonyl (C=O) groups is 1. The third-order valence-corrected chi connectivity index (χ3v) is 3.95. The van der Waals surface area contributed by atoms with E-state index in [1.165, 1.54) is 0 Å². The van der Waals surface area contributed by atoms with E-state index in [4.69, 9.17) is 23.2 Å². The van der Waals surface area contributed by atoms with Gasteiger partial charge in [0.1, 0.15) is 6.04 Å². The molecule has 0 fully saturated rings. The number of nitrogens with zero attached hydrogens (tertiary/aromatic N) is 1. The maximum atomic E-state index is 11.2. The second kappa shape index (κ2) is 6.80. The van der Waals surface area contributed by atoms with Crippen molar-refractivity contribution in [3.05, 3.63) is 33.3 Å². The Morgan fingerprint density at radius 1 is 1.47 bits per heavy atom. The molecule has 1 N–H and O–H groups in total. The van der Waals surface area contributed by atoms with E-state index >= 15 is 0 Å². The van der Waals surface area contributed by atoms with Crippen molar-refractivity contribution in [2.75, 3.05) is 6.54 Å². The Morgan fingerprint density at radius 2 is 2.16 bits per heavy atom. The molecule has 0 aromatic heterocycles. The number of rotatable bonds is 3. The van der Waals surface area contributed by atoms with Crippen LogP contribution in [0.1, 0.15) is 24.5 Å². The third kappa shape index (κ3) is 3.54. The van der Waals surface area contributed by atoms with Gasteiger partial charge in [-0.05, 0) is 36.1 Å². The van der Waals surface area contributed by atoms with Crippen LogP contribution in [0.2, 0.25) is 10.0 Å². The van der Waals surface area contributed by atoms with Crippen molar-refractivity contribution < 1.29 is 9.90 Å². The Bertz CT molecular complexity index is 479. The number of halogens is 3. The quantitative estimate of drug-likeness (QED) is 0.923. The molecule has 0 amide bonds. The summed E-state index contributed by atoms with van der Waals surface area (Å²) >= 11 is 12.1. The third-order valence-electron chi connectivity index (χ3n) is 3.39. The first kappa shape index (κ1) is 16.6. The molecule has 1 aliphatic rings. The van der Waals surface area contributed by atoms with E-state index in [0.29, 0.717) is 23.0 Å². The predicted molar refractivity (Wildman–Crippen MR) is 79.5 cm³/mol. The Balaban J connectivity index is 0.00000180. The second-order valence-corrected chi connectivity index (χ2v) is 5.35. The van der Waals surface area contributed by atoms with E-state index in [9.17, 15) is 9.90 Å². The lowest BCUT2D eigenvalue weighted by molar-refractivity contribution is -0.143. The summed E-state index contributed by atoms with van der Waals surface area (Å²) in [6.07, 6.45) is 1.38. The molecule has 1 aromatic carbocycles. The van der Waals surface area contributed by atoms with Gasteiger partial charge < -0.3 is 5.11 Å². The number of fused-ring (bicyclic) bond motifs is 1. The minimum atomic E-state index is -0.772. The number of carboxylic acids is 1. The van der Waals surface area contributed by atoms with E-state index in [0.717, 1.165) is 24.1 Å². The van der Waals surface area contributed by atoms with E-state index in [-0.39, 0.29) is 12.4 Å². The molecule has 1 aliphatic heterocycles. The van der Waals surface area contributed by atoms with Crippen molar-refractivity contribution in [1.29, 1.82) is 0 Å². The van der Waals surface area contributed by atoms with Crippen molar-refractivity contribution >= 4 is 41.6 Å². The largest absolute Gasteiger partial charge is 0.480 e. The summed E-state index contributed by atoms with van der Waals surface area (Å²) in [5.74, 6) is -0.772.